The maximum atomic E-state index is 12.1. The molecule has 1 atom stereocenters. The van der Waals surface area contributed by atoms with E-state index in [1.54, 1.807) is 6.20 Å². The third-order valence-corrected chi connectivity index (χ3v) is 6.20. The molecule has 1 aromatic heterocycles. The van der Waals surface area contributed by atoms with E-state index in [2.05, 4.69) is 35.3 Å². The number of nitrogens with zero attached hydrogens (tertiary/aromatic N) is 2. The second-order valence-electron chi connectivity index (χ2n) is 8.31. The quantitative estimate of drug-likeness (QED) is 0.784. The van der Waals surface area contributed by atoms with Crippen molar-refractivity contribution in [1.82, 2.24) is 4.98 Å². The normalized spacial score (nSPS) is 21.3. The maximum absolute atomic E-state index is 12.1. The Morgan fingerprint density at radius 1 is 1.10 bits per heavy atom. The molecule has 1 aromatic carbocycles. The van der Waals surface area contributed by atoms with Crippen LogP contribution in [0.4, 0.5) is 0 Å². The van der Waals surface area contributed by atoms with Crippen LogP contribution in [0.1, 0.15) is 48.8 Å². The summed E-state index contributed by atoms with van der Waals surface area (Å²) in [5.74, 6) is -0.291. The first kappa shape index (κ1) is 18.0. The van der Waals surface area contributed by atoms with Gasteiger partial charge in [-0.15, -0.1) is 0 Å². The van der Waals surface area contributed by atoms with Gasteiger partial charge in [0.15, 0.2) is 0 Å². The largest absolute Gasteiger partial charge is 0.478 e. The number of hydrogen-bond acceptors (Lipinski definition) is 3. The molecular formula is C25H24N2O2. The number of aromatic nitrogens is 1. The summed E-state index contributed by atoms with van der Waals surface area (Å²) in [5, 5.41) is 9.95. The molecule has 1 fully saturated rings. The molecule has 0 bridgehead atoms. The monoisotopic (exact) mass is 384 g/mol. The molecule has 0 saturated heterocycles. The molecule has 5 rings (SSSR count). The average Bonchev–Trinajstić information content (AvgIpc) is 3.53. The molecule has 2 aromatic rings. The van der Waals surface area contributed by atoms with Crippen LogP contribution in [0.3, 0.4) is 0 Å². The SMILES string of the molecule is O=C(O)C1=C(C2CC2)N=C(c2cccnc2)C[C@H](CC2=CCc3ccccc32)C1. The fourth-order valence-corrected chi connectivity index (χ4v) is 4.61. The van der Waals surface area contributed by atoms with E-state index < -0.39 is 5.97 Å². The summed E-state index contributed by atoms with van der Waals surface area (Å²) >= 11 is 0. The van der Waals surface area contributed by atoms with E-state index in [9.17, 15) is 9.90 Å². The molecule has 0 spiro atoms. The molecular weight excluding hydrogens is 360 g/mol. The minimum Gasteiger partial charge on any atom is -0.478 e. The van der Waals surface area contributed by atoms with Crippen LogP contribution in [0.5, 0.6) is 0 Å². The number of allylic oxidation sites excluding steroid dienone is 3. The van der Waals surface area contributed by atoms with Gasteiger partial charge in [-0.25, -0.2) is 4.79 Å². The summed E-state index contributed by atoms with van der Waals surface area (Å²) in [6, 6.07) is 12.5. The number of pyridine rings is 1. The van der Waals surface area contributed by atoms with Crippen molar-refractivity contribution in [3.8, 4) is 0 Å². The summed E-state index contributed by atoms with van der Waals surface area (Å²) in [6.45, 7) is 0. The zero-order valence-corrected chi connectivity index (χ0v) is 16.3. The number of aliphatic imine (C=N–C) groups is 1. The van der Waals surface area contributed by atoms with Crippen molar-refractivity contribution in [2.75, 3.05) is 0 Å². The number of carboxylic acid groups (broad SMARTS) is 1. The van der Waals surface area contributed by atoms with Crippen molar-refractivity contribution in [2.24, 2.45) is 16.8 Å². The average molecular weight is 384 g/mol. The fourth-order valence-electron chi connectivity index (χ4n) is 4.61. The number of carboxylic acids is 1. The van der Waals surface area contributed by atoms with Crippen molar-refractivity contribution >= 4 is 17.3 Å². The summed E-state index contributed by atoms with van der Waals surface area (Å²) in [7, 11) is 0. The van der Waals surface area contributed by atoms with Crippen molar-refractivity contribution in [3.05, 3.63) is 82.8 Å². The van der Waals surface area contributed by atoms with Crippen molar-refractivity contribution in [2.45, 2.75) is 38.5 Å². The maximum Gasteiger partial charge on any atom is 0.333 e. The number of carbonyl (C=O) groups is 1. The van der Waals surface area contributed by atoms with Crippen molar-refractivity contribution < 1.29 is 9.90 Å². The summed E-state index contributed by atoms with van der Waals surface area (Å²) < 4.78 is 0. The lowest BCUT2D eigenvalue weighted by Gasteiger charge is -2.18. The zero-order valence-electron chi connectivity index (χ0n) is 16.3. The molecule has 1 saturated carbocycles. The Labute approximate surface area is 170 Å². The van der Waals surface area contributed by atoms with E-state index in [-0.39, 0.29) is 5.92 Å². The highest BCUT2D eigenvalue weighted by Crippen LogP contribution is 2.44. The highest BCUT2D eigenvalue weighted by atomic mass is 16.4. The van der Waals surface area contributed by atoms with Gasteiger partial charge in [-0.2, -0.15) is 0 Å². The topological polar surface area (TPSA) is 62.5 Å². The Morgan fingerprint density at radius 3 is 2.72 bits per heavy atom. The van der Waals surface area contributed by atoms with Gasteiger partial charge in [-0.1, -0.05) is 36.4 Å². The van der Waals surface area contributed by atoms with E-state index >= 15 is 0 Å². The van der Waals surface area contributed by atoms with Crippen LogP contribution in [0, 0.1) is 11.8 Å². The summed E-state index contributed by atoms with van der Waals surface area (Å²) in [6.07, 6.45) is 11.2. The molecule has 1 aliphatic heterocycles. The second kappa shape index (κ2) is 7.43. The van der Waals surface area contributed by atoms with E-state index in [0.29, 0.717) is 17.9 Å². The molecule has 3 aliphatic rings. The van der Waals surface area contributed by atoms with E-state index in [4.69, 9.17) is 4.99 Å². The Bertz CT molecular complexity index is 1050. The van der Waals surface area contributed by atoms with Gasteiger partial charge in [0.2, 0.25) is 0 Å². The van der Waals surface area contributed by atoms with Gasteiger partial charge in [0.05, 0.1) is 11.3 Å². The van der Waals surface area contributed by atoms with E-state index in [0.717, 1.165) is 49.1 Å². The molecule has 4 heteroatoms. The lowest BCUT2D eigenvalue weighted by Crippen LogP contribution is -2.12. The predicted molar refractivity (Wildman–Crippen MR) is 114 cm³/mol. The van der Waals surface area contributed by atoms with Gasteiger partial charge < -0.3 is 5.11 Å². The van der Waals surface area contributed by atoms with Crippen LogP contribution in [0.2, 0.25) is 0 Å². The molecule has 4 nitrogen and oxygen atoms in total. The Balaban J connectivity index is 1.51. The Hall–Kier alpha value is -3.01. The standard InChI is InChI=1S/C25H24N2O2/c28-25(29)22-13-16(12-19-10-7-17-4-1-2-6-21(17)19)14-23(20-5-3-11-26-15-20)27-24(22)18-8-9-18/h1-6,10-11,15-16,18H,7-9,12-14H2,(H,28,29)/t16-/m1/s1. The molecule has 1 N–H and O–H groups in total. The van der Waals surface area contributed by atoms with E-state index in [1.807, 2.05) is 18.3 Å². The number of fused-ring (bicyclic) bond motifs is 1. The molecule has 146 valence electrons. The Kier molecular flexibility index (Phi) is 4.62. The number of aliphatic carboxylic acids is 1. The molecule has 2 heterocycles. The first-order valence-electron chi connectivity index (χ1n) is 10.4. The highest BCUT2D eigenvalue weighted by Gasteiger charge is 2.35. The van der Waals surface area contributed by atoms with Crippen LogP contribution in [0.15, 0.2) is 71.1 Å². The summed E-state index contributed by atoms with van der Waals surface area (Å²) in [5.41, 5.74) is 7.33. The lowest BCUT2D eigenvalue weighted by atomic mass is 9.86. The van der Waals surface area contributed by atoms with Crippen LogP contribution < -0.4 is 0 Å². The number of rotatable bonds is 5. The van der Waals surface area contributed by atoms with Crippen molar-refractivity contribution in [3.63, 3.8) is 0 Å². The first-order chi connectivity index (χ1) is 14.2. The van der Waals surface area contributed by atoms with Gasteiger partial charge >= 0.3 is 5.97 Å². The predicted octanol–water partition coefficient (Wildman–Crippen LogP) is 5.06. The first-order valence-corrected chi connectivity index (χ1v) is 10.4. The van der Waals surface area contributed by atoms with E-state index in [1.165, 1.54) is 16.7 Å². The van der Waals surface area contributed by atoms with Crippen LogP contribution in [-0.4, -0.2) is 21.8 Å². The van der Waals surface area contributed by atoms with Crippen LogP contribution >= 0.6 is 0 Å². The summed E-state index contributed by atoms with van der Waals surface area (Å²) in [4.78, 5) is 21.3. The second-order valence-corrected chi connectivity index (χ2v) is 8.31. The minimum atomic E-state index is -0.811. The molecule has 29 heavy (non-hydrogen) atoms. The number of benzene rings is 1. The van der Waals surface area contributed by atoms with Gasteiger partial charge in [0.25, 0.3) is 0 Å². The smallest absolute Gasteiger partial charge is 0.333 e. The lowest BCUT2D eigenvalue weighted by molar-refractivity contribution is -0.133. The molecule has 2 aliphatic carbocycles. The van der Waals surface area contributed by atoms with Gasteiger partial charge in [-0.3, -0.25) is 9.98 Å². The molecule has 0 radical (unpaired) electrons. The number of hydrogen-bond donors (Lipinski definition) is 1. The molecule has 0 unspecified atom stereocenters. The third-order valence-electron chi connectivity index (χ3n) is 6.20. The fraction of sp³-hybridized carbons (Fsp3) is 0.320. The zero-order chi connectivity index (χ0) is 19.8. The molecule has 0 amide bonds. The Morgan fingerprint density at radius 2 is 1.97 bits per heavy atom. The minimum absolute atomic E-state index is 0.216. The van der Waals surface area contributed by atoms with Crippen LogP contribution in [-0.2, 0) is 11.2 Å². The third kappa shape index (κ3) is 3.67. The van der Waals surface area contributed by atoms with Crippen LogP contribution in [0.25, 0.3) is 5.57 Å². The van der Waals surface area contributed by atoms with Gasteiger partial charge in [-0.05, 0) is 67.2 Å². The van der Waals surface area contributed by atoms with Crippen molar-refractivity contribution in [1.29, 1.82) is 0 Å². The van der Waals surface area contributed by atoms with Gasteiger partial charge in [0.1, 0.15) is 0 Å². The highest BCUT2D eigenvalue weighted by molar-refractivity contribution is 6.02. The van der Waals surface area contributed by atoms with Gasteiger partial charge in [0, 0.05) is 29.6 Å².